The second-order valence-corrected chi connectivity index (χ2v) is 6.73. The highest BCUT2D eigenvalue weighted by atomic mass is 16.5. The molecule has 28 heavy (non-hydrogen) atoms. The van der Waals surface area contributed by atoms with Gasteiger partial charge in [0.15, 0.2) is 6.10 Å². The third-order valence-corrected chi connectivity index (χ3v) is 4.27. The molecule has 8 nitrogen and oxygen atoms in total. The first-order valence-electron chi connectivity index (χ1n) is 9.06. The topological polar surface area (TPSA) is 118 Å². The Balaban J connectivity index is 2.52. The molecule has 2 atom stereocenters. The lowest BCUT2D eigenvalue weighted by Gasteiger charge is -2.28. The van der Waals surface area contributed by atoms with E-state index < -0.39 is 29.4 Å². The van der Waals surface area contributed by atoms with Crippen LogP contribution < -0.4 is 15.4 Å². The zero-order valence-corrected chi connectivity index (χ0v) is 16.9. The minimum Gasteiger partial charge on any atom is -0.494 e. The highest BCUT2D eigenvalue weighted by molar-refractivity contribution is 5.96. The molecule has 1 aromatic carbocycles. The normalized spacial score (nSPS) is 13.6. The van der Waals surface area contributed by atoms with Gasteiger partial charge < -0.3 is 20.1 Å². The van der Waals surface area contributed by atoms with Crippen molar-refractivity contribution in [2.75, 3.05) is 13.2 Å². The molecule has 1 rings (SSSR count). The minimum atomic E-state index is -1.10. The van der Waals surface area contributed by atoms with Crippen molar-refractivity contribution in [3.8, 4) is 11.8 Å². The number of carbonyl (C=O) groups excluding carboxylic acids is 3. The quantitative estimate of drug-likeness (QED) is 0.622. The lowest BCUT2D eigenvalue weighted by atomic mass is 9.90. The van der Waals surface area contributed by atoms with E-state index in [2.05, 4.69) is 10.6 Å². The van der Waals surface area contributed by atoms with Gasteiger partial charge in [-0.05, 0) is 51.0 Å². The SMILES string of the molecule is CCOc1ccc(C(=O)NCC(=O)O[C@@H](C)C(=O)N[C@](C)(C#N)C(C)C)cc1. The van der Waals surface area contributed by atoms with E-state index in [1.54, 1.807) is 45.0 Å². The van der Waals surface area contributed by atoms with Crippen LogP contribution in [0.4, 0.5) is 0 Å². The fraction of sp³-hybridized carbons (Fsp3) is 0.500. The molecule has 0 radical (unpaired) electrons. The molecule has 0 aliphatic rings. The Kier molecular flexibility index (Phi) is 8.45. The lowest BCUT2D eigenvalue weighted by molar-refractivity contribution is -0.154. The van der Waals surface area contributed by atoms with Gasteiger partial charge in [0.05, 0.1) is 12.7 Å². The van der Waals surface area contributed by atoms with Crippen molar-refractivity contribution in [1.29, 1.82) is 5.26 Å². The first-order valence-corrected chi connectivity index (χ1v) is 9.06. The molecule has 1 aromatic rings. The van der Waals surface area contributed by atoms with Crippen LogP contribution in [0.3, 0.4) is 0 Å². The summed E-state index contributed by atoms with van der Waals surface area (Å²) in [7, 11) is 0. The summed E-state index contributed by atoms with van der Waals surface area (Å²) in [5.74, 6) is -1.27. The standard InChI is InChI=1S/C20H27N3O5/c1-6-27-16-9-7-15(8-10-16)19(26)22-11-17(24)28-14(4)18(25)23-20(5,12-21)13(2)3/h7-10,13-14H,6,11H2,1-5H3,(H,22,26)(H,23,25)/t14-,20+/m0/s1. The molecule has 0 aliphatic carbocycles. The first kappa shape index (κ1) is 23.0. The van der Waals surface area contributed by atoms with E-state index in [1.165, 1.54) is 6.92 Å². The molecule has 0 saturated carbocycles. The molecule has 152 valence electrons. The van der Waals surface area contributed by atoms with E-state index in [9.17, 15) is 19.6 Å². The van der Waals surface area contributed by atoms with E-state index >= 15 is 0 Å². The largest absolute Gasteiger partial charge is 0.494 e. The minimum absolute atomic E-state index is 0.127. The molecule has 0 fully saturated rings. The number of ether oxygens (including phenoxy) is 2. The molecule has 0 unspecified atom stereocenters. The van der Waals surface area contributed by atoms with Gasteiger partial charge in [0.25, 0.3) is 11.8 Å². The molecular formula is C20H27N3O5. The van der Waals surface area contributed by atoms with Crippen molar-refractivity contribution in [3.05, 3.63) is 29.8 Å². The lowest BCUT2D eigenvalue weighted by Crippen LogP contribution is -2.52. The Bertz CT molecular complexity index is 739. The molecule has 0 bridgehead atoms. The van der Waals surface area contributed by atoms with Gasteiger partial charge in [-0.25, -0.2) is 0 Å². The van der Waals surface area contributed by atoms with Crippen LogP contribution in [0, 0.1) is 17.2 Å². The molecule has 0 aliphatic heterocycles. The Morgan fingerprint density at radius 3 is 2.29 bits per heavy atom. The average Bonchev–Trinajstić information content (AvgIpc) is 2.66. The maximum Gasteiger partial charge on any atom is 0.326 e. The third-order valence-electron chi connectivity index (χ3n) is 4.27. The van der Waals surface area contributed by atoms with Crippen LogP contribution in [-0.2, 0) is 14.3 Å². The number of carbonyl (C=O) groups is 3. The van der Waals surface area contributed by atoms with Crippen LogP contribution in [0.25, 0.3) is 0 Å². The van der Waals surface area contributed by atoms with Gasteiger partial charge >= 0.3 is 5.97 Å². The molecule has 0 aromatic heterocycles. The summed E-state index contributed by atoms with van der Waals surface area (Å²) in [4.78, 5) is 36.1. The zero-order chi connectivity index (χ0) is 21.3. The number of nitrogens with zero attached hydrogens (tertiary/aromatic N) is 1. The fourth-order valence-corrected chi connectivity index (χ4v) is 2.08. The zero-order valence-electron chi connectivity index (χ0n) is 16.9. The summed E-state index contributed by atoms with van der Waals surface area (Å²) >= 11 is 0. The number of esters is 1. The molecule has 8 heteroatoms. The predicted octanol–water partition coefficient (Wildman–Crippen LogP) is 1.80. The van der Waals surface area contributed by atoms with Gasteiger partial charge in [0, 0.05) is 5.56 Å². The summed E-state index contributed by atoms with van der Waals surface area (Å²) in [6, 6.07) is 8.52. The Morgan fingerprint density at radius 1 is 1.18 bits per heavy atom. The average molecular weight is 389 g/mol. The van der Waals surface area contributed by atoms with E-state index in [4.69, 9.17) is 9.47 Å². The van der Waals surface area contributed by atoms with Gasteiger partial charge in [0.1, 0.15) is 17.8 Å². The summed E-state index contributed by atoms with van der Waals surface area (Å²) in [6.07, 6.45) is -1.10. The smallest absolute Gasteiger partial charge is 0.326 e. The van der Waals surface area contributed by atoms with Crippen LogP contribution in [0.15, 0.2) is 24.3 Å². The fourth-order valence-electron chi connectivity index (χ4n) is 2.08. The van der Waals surface area contributed by atoms with Crippen LogP contribution in [0.1, 0.15) is 45.0 Å². The maximum atomic E-state index is 12.2. The van der Waals surface area contributed by atoms with E-state index in [0.717, 1.165) is 0 Å². The number of rotatable bonds is 9. The van der Waals surface area contributed by atoms with Gasteiger partial charge in [-0.3, -0.25) is 14.4 Å². The van der Waals surface area contributed by atoms with Crippen molar-refractivity contribution in [2.24, 2.45) is 5.92 Å². The van der Waals surface area contributed by atoms with Crippen LogP contribution in [0.5, 0.6) is 5.75 Å². The third kappa shape index (κ3) is 6.58. The monoisotopic (exact) mass is 389 g/mol. The van der Waals surface area contributed by atoms with Crippen LogP contribution in [0.2, 0.25) is 0 Å². The number of benzene rings is 1. The summed E-state index contributed by atoms with van der Waals surface area (Å²) in [5, 5.41) is 14.3. The molecule has 0 spiro atoms. The molecular weight excluding hydrogens is 362 g/mol. The molecule has 2 amide bonds. The van der Waals surface area contributed by atoms with E-state index in [0.29, 0.717) is 17.9 Å². The van der Waals surface area contributed by atoms with E-state index in [-0.39, 0.29) is 12.5 Å². The second-order valence-electron chi connectivity index (χ2n) is 6.73. The highest BCUT2D eigenvalue weighted by Crippen LogP contribution is 2.15. The van der Waals surface area contributed by atoms with Gasteiger partial charge in [-0.15, -0.1) is 0 Å². The first-order chi connectivity index (χ1) is 13.1. The van der Waals surface area contributed by atoms with Crippen molar-refractivity contribution < 1.29 is 23.9 Å². The van der Waals surface area contributed by atoms with Crippen LogP contribution >= 0.6 is 0 Å². The number of hydrogen-bond acceptors (Lipinski definition) is 6. The predicted molar refractivity (Wildman–Crippen MR) is 102 cm³/mol. The van der Waals surface area contributed by atoms with Crippen molar-refractivity contribution in [2.45, 2.75) is 46.3 Å². The van der Waals surface area contributed by atoms with Crippen molar-refractivity contribution in [1.82, 2.24) is 10.6 Å². The molecule has 0 heterocycles. The number of hydrogen-bond donors (Lipinski definition) is 2. The summed E-state index contributed by atoms with van der Waals surface area (Å²) < 4.78 is 10.3. The van der Waals surface area contributed by atoms with Crippen molar-refractivity contribution >= 4 is 17.8 Å². The van der Waals surface area contributed by atoms with E-state index in [1.807, 2.05) is 13.0 Å². The Hall–Kier alpha value is -3.08. The molecule has 0 saturated heterocycles. The number of nitriles is 1. The number of amides is 2. The Morgan fingerprint density at radius 2 is 1.79 bits per heavy atom. The van der Waals surface area contributed by atoms with Gasteiger partial charge in [-0.2, -0.15) is 5.26 Å². The highest BCUT2D eigenvalue weighted by Gasteiger charge is 2.32. The van der Waals surface area contributed by atoms with Crippen molar-refractivity contribution in [3.63, 3.8) is 0 Å². The van der Waals surface area contributed by atoms with Gasteiger partial charge in [-0.1, -0.05) is 13.8 Å². The maximum absolute atomic E-state index is 12.2. The van der Waals surface area contributed by atoms with Gasteiger partial charge in [0.2, 0.25) is 0 Å². The second kappa shape index (κ2) is 10.3. The number of nitrogens with one attached hydrogen (secondary N) is 2. The Labute approximate surface area is 165 Å². The summed E-state index contributed by atoms with van der Waals surface area (Å²) in [6.45, 7) is 8.60. The summed E-state index contributed by atoms with van der Waals surface area (Å²) in [5.41, 5.74) is -0.705. The van der Waals surface area contributed by atoms with Crippen LogP contribution in [-0.4, -0.2) is 42.6 Å². The molecule has 2 N–H and O–H groups in total.